The van der Waals surface area contributed by atoms with Gasteiger partial charge in [0.05, 0.1) is 33.2 Å². The summed E-state index contributed by atoms with van der Waals surface area (Å²) in [7, 11) is 4.71. The van der Waals surface area contributed by atoms with E-state index in [1.165, 1.54) is 0 Å². The van der Waals surface area contributed by atoms with Gasteiger partial charge < -0.3 is 29.3 Å². The van der Waals surface area contributed by atoms with Gasteiger partial charge in [0.15, 0.2) is 11.5 Å². The van der Waals surface area contributed by atoms with E-state index >= 15 is 0 Å². The van der Waals surface area contributed by atoms with Crippen molar-refractivity contribution in [3.63, 3.8) is 0 Å². The first-order chi connectivity index (χ1) is 17.5. The van der Waals surface area contributed by atoms with Crippen LogP contribution in [0.4, 0.5) is 11.5 Å². The summed E-state index contributed by atoms with van der Waals surface area (Å²) in [5.74, 6) is 2.36. The zero-order valence-corrected chi connectivity index (χ0v) is 20.7. The van der Waals surface area contributed by atoms with E-state index in [1.807, 2.05) is 17.0 Å². The van der Waals surface area contributed by atoms with Crippen LogP contribution in [0.5, 0.6) is 17.2 Å². The first-order valence-corrected chi connectivity index (χ1v) is 11.7. The molecule has 0 spiro atoms. The second-order valence-electron chi connectivity index (χ2n) is 8.29. The highest BCUT2D eigenvalue weighted by Crippen LogP contribution is 2.28. The Labute approximate surface area is 210 Å². The molecule has 36 heavy (non-hydrogen) atoms. The standard InChI is InChI=1S/C27H30N4O5/c1-34-22-9-5-19(6-10-22)26(32)29-21-8-12-25(28-18-21)30-13-4-14-31(16-15-30)27(33)20-7-11-23(35-2)24(17-20)36-3/h5-12,17-18H,4,13-16H2,1-3H3,(H,29,32). The summed E-state index contributed by atoms with van der Waals surface area (Å²) in [5.41, 5.74) is 1.71. The Kier molecular flexibility index (Phi) is 7.89. The van der Waals surface area contributed by atoms with E-state index in [2.05, 4.69) is 15.2 Å². The molecular weight excluding hydrogens is 460 g/mol. The molecule has 1 aliphatic rings. The number of carbonyl (C=O) groups is 2. The lowest BCUT2D eigenvalue weighted by Crippen LogP contribution is -2.35. The van der Waals surface area contributed by atoms with E-state index in [-0.39, 0.29) is 11.8 Å². The number of carbonyl (C=O) groups excluding carboxylic acids is 2. The van der Waals surface area contributed by atoms with Gasteiger partial charge in [-0.15, -0.1) is 0 Å². The lowest BCUT2D eigenvalue weighted by atomic mass is 10.1. The minimum absolute atomic E-state index is 0.0395. The Hall–Kier alpha value is -4.27. The van der Waals surface area contributed by atoms with Gasteiger partial charge in [0.2, 0.25) is 0 Å². The van der Waals surface area contributed by atoms with Crippen LogP contribution in [0, 0.1) is 0 Å². The Bertz CT molecular complexity index is 1200. The highest BCUT2D eigenvalue weighted by Gasteiger charge is 2.22. The molecule has 4 rings (SSSR count). The molecule has 0 radical (unpaired) electrons. The number of aromatic nitrogens is 1. The molecule has 0 atom stereocenters. The SMILES string of the molecule is COc1ccc(C(=O)Nc2ccc(N3CCCN(C(=O)c4ccc(OC)c(OC)c4)CC3)nc2)cc1. The molecule has 1 N–H and O–H groups in total. The molecule has 1 aliphatic heterocycles. The van der Waals surface area contributed by atoms with E-state index in [4.69, 9.17) is 14.2 Å². The Morgan fingerprint density at radius 3 is 2.22 bits per heavy atom. The number of hydrogen-bond donors (Lipinski definition) is 1. The smallest absolute Gasteiger partial charge is 0.255 e. The molecule has 2 aromatic carbocycles. The second-order valence-corrected chi connectivity index (χ2v) is 8.29. The van der Waals surface area contributed by atoms with Crippen molar-refractivity contribution in [2.24, 2.45) is 0 Å². The zero-order chi connectivity index (χ0) is 25.5. The van der Waals surface area contributed by atoms with Gasteiger partial charge in [0, 0.05) is 37.3 Å². The molecule has 0 bridgehead atoms. The highest BCUT2D eigenvalue weighted by molar-refractivity contribution is 6.04. The van der Waals surface area contributed by atoms with Gasteiger partial charge in [-0.1, -0.05) is 0 Å². The van der Waals surface area contributed by atoms with Crippen molar-refractivity contribution in [1.29, 1.82) is 0 Å². The number of pyridine rings is 1. The average Bonchev–Trinajstić information content (AvgIpc) is 3.19. The van der Waals surface area contributed by atoms with Gasteiger partial charge in [0.25, 0.3) is 11.8 Å². The Balaban J connectivity index is 1.36. The minimum atomic E-state index is -0.216. The van der Waals surface area contributed by atoms with Gasteiger partial charge in [-0.3, -0.25) is 9.59 Å². The summed E-state index contributed by atoms with van der Waals surface area (Å²) in [6.45, 7) is 2.66. The van der Waals surface area contributed by atoms with Gasteiger partial charge in [-0.2, -0.15) is 0 Å². The molecule has 0 unspecified atom stereocenters. The first-order valence-electron chi connectivity index (χ1n) is 11.7. The summed E-state index contributed by atoms with van der Waals surface area (Å²) in [6, 6.07) is 15.8. The number of methoxy groups -OCH3 is 3. The maximum atomic E-state index is 13.1. The molecular formula is C27H30N4O5. The summed E-state index contributed by atoms with van der Waals surface area (Å²) in [6.07, 6.45) is 2.46. The Morgan fingerprint density at radius 1 is 0.806 bits per heavy atom. The molecule has 0 saturated carbocycles. The third kappa shape index (κ3) is 5.68. The maximum Gasteiger partial charge on any atom is 0.255 e. The van der Waals surface area contributed by atoms with Crippen molar-refractivity contribution >= 4 is 23.3 Å². The van der Waals surface area contributed by atoms with Crippen LogP contribution < -0.4 is 24.4 Å². The van der Waals surface area contributed by atoms with E-state index in [0.717, 1.165) is 18.8 Å². The average molecular weight is 491 g/mol. The third-order valence-corrected chi connectivity index (χ3v) is 6.10. The number of anilines is 2. The number of ether oxygens (including phenoxy) is 3. The van der Waals surface area contributed by atoms with Crippen molar-refractivity contribution < 1.29 is 23.8 Å². The maximum absolute atomic E-state index is 13.1. The summed E-state index contributed by atoms with van der Waals surface area (Å²) in [5, 5.41) is 2.86. The minimum Gasteiger partial charge on any atom is -0.497 e. The van der Waals surface area contributed by atoms with E-state index < -0.39 is 0 Å². The van der Waals surface area contributed by atoms with Gasteiger partial charge >= 0.3 is 0 Å². The quantitative estimate of drug-likeness (QED) is 0.540. The van der Waals surface area contributed by atoms with E-state index in [0.29, 0.717) is 53.7 Å². The molecule has 2 amide bonds. The molecule has 3 aromatic rings. The van der Waals surface area contributed by atoms with E-state index in [9.17, 15) is 9.59 Å². The molecule has 9 nitrogen and oxygen atoms in total. The van der Waals surface area contributed by atoms with Crippen LogP contribution in [0.15, 0.2) is 60.8 Å². The first kappa shape index (κ1) is 24.8. The predicted molar refractivity (Wildman–Crippen MR) is 137 cm³/mol. The molecule has 0 aliphatic carbocycles. The number of nitrogens with one attached hydrogen (secondary N) is 1. The number of nitrogens with zero attached hydrogens (tertiary/aromatic N) is 3. The third-order valence-electron chi connectivity index (χ3n) is 6.10. The van der Waals surface area contributed by atoms with Crippen molar-refractivity contribution in [2.45, 2.75) is 6.42 Å². The van der Waals surface area contributed by atoms with Crippen molar-refractivity contribution in [2.75, 3.05) is 57.7 Å². The Morgan fingerprint density at radius 2 is 1.56 bits per heavy atom. The van der Waals surface area contributed by atoms with Crippen LogP contribution in [-0.4, -0.2) is 69.2 Å². The topological polar surface area (TPSA) is 93.2 Å². The fourth-order valence-corrected chi connectivity index (χ4v) is 4.09. The summed E-state index contributed by atoms with van der Waals surface area (Å²) in [4.78, 5) is 34.2. The highest BCUT2D eigenvalue weighted by atomic mass is 16.5. The second kappa shape index (κ2) is 11.4. The molecule has 188 valence electrons. The normalized spacial score (nSPS) is 13.5. The molecule has 2 heterocycles. The van der Waals surface area contributed by atoms with Crippen LogP contribution >= 0.6 is 0 Å². The van der Waals surface area contributed by atoms with Crippen LogP contribution in [0.2, 0.25) is 0 Å². The van der Waals surface area contributed by atoms with Crippen molar-refractivity contribution in [3.05, 3.63) is 71.9 Å². The lowest BCUT2D eigenvalue weighted by Gasteiger charge is -2.23. The largest absolute Gasteiger partial charge is 0.497 e. The molecule has 9 heteroatoms. The zero-order valence-electron chi connectivity index (χ0n) is 20.7. The molecule has 1 fully saturated rings. The van der Waals surface area contributed by atoms with Crippen LogP contribution in [0.3, 0.4) is 0 Å². The molecule has 1 aromatic heterocycles. The number of benzene rings is 2. The number of hydrogen-bond acceptors (Lipinski definition) is 7. The summed E-state index contributed by atoms with van der Waals surface area (Å²) >= 11 is 0. The van der Waals surface area contributed by atoms with Crippen LogP contribution in [0.1, 0.15) is 27.1 Å². The lowest BCUT2D eigenvalue weighted by molar-refractivity contribution is 0.0766. The van der Waals surface area contributed by atoms with Crippen LogP contribution in [0.25, 0.3) is 0 Å². The predicted octanol–water partition coefficient (Wildman–Crippen LogP) is 3.71. The summed E-state index contributed by atoms with van der Waals surface area (Å²) < 4.78 is 15.7. The van der Waals surface area contributed by atoms with Gasteiger partial charge in [-0.25, -0.2) is 4.98 Å². The van der Waals surface area contributed by atoms with Gasteiger partial charge in [0.1, 0.15) is 11.6 Å². The monoisotopic (exact) mass is 490 g/mol. The van der Waals surface area contributed by atoms with Crippen LogP contribution in [-0.2, 0) is 0 Å². The van der Waals surface area contributed by atoms with E-state index in [1.54, 1.807) is 70.0 Å². The van der Waals surface area contributed by atoms with Crippen molar-refractivity contribution in [3.8, 4) is 17.2 Å². The fourth-order valence-electron chi connectivity index (χ4n) is 4.09. The van der Waals surface area contributed by atoms with Crippen molar-refractivity contribution in [1.82, 2.24) is 9.88 Å². The molecule has 1 saturated heterocycles. The number of rotatable bonds is 7. The number of amides is 2. The van der Waals surface area contributed by atoms with Gasteiger partial charge in [-0.05, 0) is 61.0 Å². The fraction of sp³-hybridized carbons (Fsp3) is 0.296.